The number of hydrogen-bond donors (Lipinski definition) is 2. The fourth-order valence-electron chi connectivity index (χ4n) is 2.51. The van der Waals surface area contributed by atoms with Crippen molar-refractivity contribution in [3.63, 3.8) is 0 Å². The summed E-state index contributed by atoms with van der Waals surface area (Å²) in [5, 5.41) is 6.39. The summed E-state index contributed by atoms with van der Waals surface area (Å²) in [4.78, 5) is 14.1. The molecule has 0 aliphatic carbocycles. The van der Waals surface area contributed by atoms with Crippen molar-refractivity contribution in [2.45, 2.75) is 25.8 Å². The van der Waals surface area contributed by atoms with Crippen molar-refractivity contribution in [3.8, 4) is 0 Å². The van der Waals surface area contributed by atoms with Crippen LogP contribution in [-0.4, -0.2) is 43.5 Å². The Bertz CT molecular complexity index is 472. The Labute approximate surface area is 129 Å². The van der Waals surface area contributed by atoms with E-state index in [-0.39, 0.29) is 5.91 Å². The molecule has 2 N–H and O–H groups in total. The van der Waals surface area contributed by atoms with Gasteiger partial charge in [0, 0.05) is 17.1 Å². The molecule has 0 spiro atoms. The number of nitrogens with one attached hydrogen (secondary N) is 2. The summed E-state index contributed by atoms with van der Waals surface area (Å²) in [5.74, 6) is 0.0232. The van der Waals surface area contributed by atoms with E-state index < -0.39 is 0 Å². The van der Waals surface area contributed by atoms with E-state index >= 15 is 0 Å². The minimum absolute atomic E-state index is 0.0232. The summed E-state index contributed by atoms with van der Waals surface area (Å²) in [6, 6.07) is 6.45. The molecule has 0 saturated carbocycles. The van der Waals surface area contributed by atoms with Gasteiger partial charge in [-0.15, -0.1) is 0 Å². The molecule has 5 heteroatoms. The van der Waals surface area contributed by atoms with Crippen molar-refractivity contribution < 1.29 is 4.79 Å². The first-order chi connectivity index (χ1) is 9.54. The molecule has 1 fully saturated rings. The first-order valence-electron chi connectivity index (χ1n) is 7.02. The lowest BCUT2D eigenvalue weighted by Gasteiger charge is -2.20. The zero-order valence-electron chi connectivity index (χ0n) is 12.1. The molecule has 0 aromatic heterocycles. The predicted octanol–water partition coefficient (Wildman–Crippen LogP) is 2.38. The first kappa shape index (κ1) is 15.5. The van der Waals surface area contributed by atoms with Crippen LogP contribution in [0.5, 0.6) is 0 Å². The normalized spacial score (nSPS) is 18.5. The molecule has 0 bridgehead atoms. The van der Waals surface area contributed by atoms with Crippen LogP contribution in [0, 0.1) is 6.92 Å². The monoisotopic (exact) mass is 339 g/mol. The van der Waals surface area contributed by atoms with E-state index in [1.54, 1.807) is 0 Å². The van der Waals surface area contributed by atoms with Gasteiger partial charge in [0.15, 0.2) is 0 Å². The topological polar surface area (TPSA) is 44.4 Å². The van der Waals surface area contributed by atoms with E-state index in [2.05, 4.69) is 31.5 Å². The summed E-state index contributed by atoms with van der Waals surface area (Å²) in [6.45, 7) is 4.46. The molecule has 1 aromatic rings. The number of halogens is 1. The highest BCUT2D eigenvalue weighted by Crippen LogP contribution is 2.23. The molecule has 1 aromatic carbocycles. The molecule has 1 amide bonds. The summed E-state index contributed by atoms with van der Waals surface area (Å²) >= 11 is 3.47. The Morgan fingerprint density at radius 1 is 1.55 bits per heavy atom. The van der Waals surface area contributed by atoms with Crippen LogP contribution in [0.3, 0.4) is 0 Å². The van der Waals surface area contributed by atoms with E-state index in [0.717, 1.165) is 23.2 Å². The van der Waals surface area contributed by atoms with Crippen molar-refractivity contribution in [2.24, 2.45) is 0 Å². The number of hydrogen-bond acceptors (Lipinski definition) is 3. The van der Waals surface area contributed by atoms with Gasteiger partial charge < -0.3 is 10.6 Å². The number of anilines is 1. The Balaban J connectivity index is 1.82. The van der Waals surface area contributed by atoms with Crippen LogP contribution < -0.4 is 10.6 Å². The minimum Gasteiger partial charge on any atom is -0.324 e. The third-order valence-corrected chi connectivity index (χ3v) is 4.16. The van der Waals surface area contributed by atoms with E-state index in [9.17, 15) is 4.79 Å². The summed E-state index contributed by atoms with van der Waals surface area (Å²) in [5.41, 5.74) is 1.99. The maximum Gasteiger partial charge on any atom is 0.238 e. The maximum absolute atomic E-state index is 12.0. The molecule has 1 aliphatic rings. The van der Waals surface area contributed by atoms with Crippen LogP contribution in [0.4, 0.5) is 5.69 Å². The second-order valence-electron chi connectivity index (χ2n) is 5.52. The lowest BCUT2D eigenvalue weighted by molar-refractivity contribution is -0.117. The van der Waals surface area contributed by atoms with Gasteiger partial charge in [0.2, 0.25) is 5.91 Å². The van der Waals surface area contributed by atoms with Crippen LogP contribution in [-0.2, 0) is 4.79 Å². The van der Waals surface area contributed by atoms with Crippen LogP contribution in [0.25, 0.3) is 0 Å². The van der Waals surface area contributed by atoms with Gasteiger partial charge in [-0.05, 0) is 67.0 Å². The zero-order valence-corrected chi connectivity index (χ0v) is 13.7. The Hall–Kier alpha value is -0.910. The lowest BCUT2D eigenvalue weighted by Crippen LogP contribution is -2.39. The standard InChI is InChI=1S/C15H22BrN3O/c1-11-5-6-14(13(16)8-11)18-15(20)10-19(2)9-12-4-3-7-17-12/h5-6,8,12,17H,3-4,7,9-10H2,1-2H3,(H,18,20). The summed E-state index contributed by atoms with van der Waals surface area (Å²) < 4.78 is 0.922. The van der Waals surface area contributed by atoms with Gasteiger partial charge in [-0.3, -0.25) is 9.69 Å². The molecular weight excluding hydrogens is 318 g/mol. The average Bonchev–Trinajstić information content (AvgIpc) is 2.85. The van der Waals surface area contributed by atoms with Crippen molar-refractivity contribution in [3.05, 3.63) is 28.2 Å². The average molecular weight is 340 g/mol. The Kier molecular flexibility index (Phi) is 5.57. The second-order valence-corrected chi connectivity index (χ2v) is 6.38. The number of benzene rings is 1. The molecule has 20 heavy (non-hydrogen) atoms. The van der Waals surface area contributed by atoms with Crippen LogP contribution in [0.2, 0.25) is 0 Å². The second kappa shape index (κ2) is 7.20. The molecule has 4 nitrogen and oxygen atoms in total. The number of rotatable bonds is 5. The molecule has 1 aliphatic heterocycles. The fraction of sp³-hybridized carbons (Fsp3) is 0.533. The molecule has 1 unspecified atom stereocenters. The van der Waals surface area contributed by atoms with E-state index in [0.29, 0.717) is 12.6 Å². The Morgan fingerprint density at radius 2 is 2.35 bits per heavy atom. The van der Waals surface area contributed by atoms with Gasteiger partial charge in [0.05, 0.1) is 12.2 Å². The SMILES string of the molecule is Cc1ccc(NC(=O)CN(C)CC2CCCN2)c(Br)c1. The van der Waals surface area contributed by atoms with Crippen molar-refractivity contribution >= 4 is 27.5 Å². The summed E-state index contributed by atoms with van der Waals surface area (Å²) in [7, 11) is 1.99. The molecule has 110 valence electrons. The molecule has 1 atom stereocenters. The lowest BCUT2D eigenvalue weighted by atomic mass is 10.2. The molecule has 1 heterocycles. The van der Waals surface area contributed by atoms with Gasteiger partial charge in [-0.1, -0.05) is 6.07 Å². The smallest absolute Gasteiger partial charge is 0.238 e. The molecule has 1 saturated heterocycles. The number of amides is 1. The number of nitrogens with zero attached hydrogens (tertiary/aromatic N) is 1. The van der Waals surface area contributed by atoms with Crippen molar-refractivity contribution in [1.82, 2.24) is 10.2 Å². The third-order valence-electron chi connectivity index (χ3n) is 3.51. The molecule has 2 rings (SSSR count). The largest absolute Gasteiger partial charge is 0.324 e. The minimum atomic E-state index is 0.0232. The highest BCUT2D eigenvalue weighted by atomic mass is 79.9. The number of likely N-dealkylation sites (N-methyl/N-ethyl adjacent to an activating group) is 1. The van der Waals surface area contributed by atoms with Gasteiger partial charge >= 0.3 is 0 Å². The van der Waals surface area contributed by atoms with E-state index in [1.165, 1.54) is 18.4 Å². The van der Waals surface area contributed by atoms with E-state index in [4.69, 9.17) is 0 Å². The maximum atomic E-state index is 12.0. The van der Waals surface area contributed by atoms with E-state index in [1.807, 2.05) is 32.2 Å². The van der Waals surface area contributed by atoms with Crippen LogP contribution >= 0.6 is 15.9 Å². The van der Waals surface area contributed by atoms with Gasteiger partial charge in [0.1, 0.15) is 0 Å². The third kappa shape index (κ3) is 4.58. The molecular formula is C15H22BrN3O. The van der Waals surface area contributed by atoms with Crippen LogP contribution in [0.15, 0.2) is 22.7 Å². The first-order valence-corrected chi connectivity index (χ1v) is 7.82. The van der Waals surface area contributed by atoms with Crippen molar-refractivity contribution in [2.75, 3.05) is 32.0 Å². The summed E-state index contributed by atoms with van der Waals surface area (Å²) in [6.07, 6.45) is 2.44. The van der Waals surface area contributed by atoms with Crippen LogP contribution in [0.1, 0.15) is 18.4 Å². The van der Waals surface area contributed by atoms with Gasteiger partial charge in [-0.25, -0.2) is 0 Å². The van der Waals surface area contributed by atoms with Gasteiger partial charge in [-0.2, -0.15) is 0 Å². The highest BCUT2D eigenvalue weighted by molar-refractivity contribution is 9.10. The fourth-order valence-corrected chi connectivity index (χ4v) is 3.10. The zero-order chi connectivity index (χ0) is 14.5. The quantitative estimate of drug-likeness (QED) is 0.865. The van der Waals surface area contributed by atoms with Gasteiger partial charge in [0.25, 0.3) is 0 Å². The number of aryl methyl sites for hydroxylation is 1. The predicted molar refractivity (Wildman–Crippen MR) is 86.0 cm³/mol. The number of carbonyl (C=O) groups excluding carboxylic acids is 1. The number of carbonyl (C=O) groups is 1. The Morgan fingerprint density at radius 3 is 3.00 bits per heavy atom. The molecule has 0 radical (unpaired) electrons. The highest BCUT2D eigenvalue weighted by Gasteiger charge is 2.17. The van der Waals surface area contributed by atoms with Crippen molar-refractivity contribution in [1.29, 1.82) is 0 Å².